The topological polar surface area (TPSA) is 121 Å². The summed E-state index contributed by atoms with van der Waals surface area (Å²) in [5, 5.41) is 24.7. The van der Waals surface area contributed by atoms with Crippen molar-refractivity contribution in [2.24, 2.45) is 0 Å². The lowest BCUT2D eigenvalue weighted by Crippen LogP contribution is -1.92. The molecule has 0 fully saturated rings. The van der Waals surface area contributed by atoms with Crippen LogP contribution in [-0.2, 0) is 0 Å². The van der Waals surface area contributed by atoms with Crippen molar-refractivity contribution in [2.75, 3.05) is 12.5 Å². The highest BCUT2D eigenvalue weighted by Gasteiger charge is 2.16. The van der Waals surface area contributed by atoms with Crippen LogP contribution in [-0.4, -0.2) is 17.0 Å². The van der Waals surface area contributed by atoms with E-state index in [-0.39, 0.29) is 23.7 Å². The number of nitrogen functional groups attached to an aromatic ring is 1. The van der Waals surface area contributed by atoms with E-state index >= 15 is 0 Å². The van der Waals surface area contributed by atoms with Crippen LogP contribution in [0.2, 0.25) is 0 Å². The number of nitrogens with one attached hydrogen (secondary N) is 1. The van der Waals surface area contributed by atoms with E-state index in [0.29, 0.717) is 17.2 Å². The fourth-order valence-electron chi connectivity index (χ4n) is 1.99. The van der Waals surface area contributed by atoms with Crippen molar-refractivity contribution in [2.45, 2.75) is 0 Å². The van der Waals surface area contributed by atoms with Crippen LogP contribution in [0.15, 0.2) is 18.2 Å². The van der Waals surface area contributed by atoms with Gasteiger partial charge in [-0.2, -0.15) is 15.6 Å². The normalized spacial score (nSPS) is 12.8. The first-order chi connectivity index (χ1) is 10.2. The Morgan fingerprint density at radius 1 is 1.33 bits per heavy atom. The molecule has 0 spiro atoms. The van der Waals surface area contributed by atoms with Gasteiger partial charge < -0.3 is 15.2 Å². The molecule has 0 saturated carbocycles. The van der Waals surface area contributed by atoms with E-state index in [1.807, 2.05) is 12.1 Å². The Hall–Kier alpha value is -3.45. The molecule has 3 rings (SSSR count). The van der Waals surface area contributed by atoms with Gasteiger partial charge in [0, 0.05) is 0 Å². The number of allylic oxidation sites excluding steroid dienone is 1. The van der Waals surface area contributed by atoms with Gasteiger partial charge in [-0.15, -0.1) is 0 Å². The highest BCUT2D eigenvalue weighted by atomic mass is 16.7. The van der Waals surface area contributed by atoms with Crippen molar-refractivity contribution >= 4 is 17.5 Å². The van der Waals surface area contributed by atoms with Crippen LogP contribution in [0, 0.1) is 22.7 Å². The lowest BCUT2D eigenvalue weighted by Gasteiger charge is -2.00. The fourth-order valence-corrected chi connectivity index (χ4v) is 1.99. The first-order valence-electron chi connectivity index (χ1n) is 5.98. The first kappa shape index (κ1) is 12.6. The van der Waals surface area contributed by atoms with E-state index in [1.165, 1.54) is 0 Å². The summed E-state index contributed by atoms with van der Waals surface area (Å²) in [5.74, 6) is 1.35. The molecule has 0 radical (unpaired) electrons. The van der Waals surface area contributed by atoms with E-state index in [1.54, 1.807) is 24.3 Å². The molecule has 7 nitrogen and oxygen atoms in total. The highest BCUT2D eigenvalue weighted by Crippen LogP contribution is 2.33. The van der Waals surface area contributed by atoms with Crippen molar-refractivity contribution in [3.05, 3.63) is 35.0 Å². The zero-order valence-electron chi connectivity index (χ0n) is 10.8. The fraction of sp³-hybridized carbons (Fsp3) is 0.0714. The lowest BCUT2D eigenvalue weighted by atomic mass is 10.1. The second kappa shape index (κ2) is 4.91. The van der Waals surface area contributed by atoms with Gasteiger partial charge in [-0.1, -0.05) is 6.07 Å². The maximum absolute atomic E-state index is 9.29. The van der Waals surface area contributed by atoms with Crippen LogP contribution in [0.25, 0.3) is 11.6 Å². The Morgan fingerprint density at radius 3 is 2.90 bits per heavy atom. The summed E-state index contributed by atoms with van der Waals surface area (Å²) in [7, 11) is 0. The molecule has 102 valence electrons. The van der Waals surface area contributed by atoms with Crippen LogP contribution in [0.5, 0.6) is 11.5 Å². The largest absolute Gasteiger partial charge is 0.454 e. The van der Waals surface area contributed by atoms with Gasteiger partial charge in [0.15, 0.2) is 17.3 Å². The molecule has 0 unspecified atom stereocenters. The Bertz CT molecular complexity index is 823. The molecule has 0 saturated heterocycles. The number of nitrogens with zero attached hydrogens (tertiary/aromatic N) is 3. The minimum atomic E-state index is 0.0688. The molecule has 1 aromatic heterocycles. The van der Waals surface area contributed by atoms with Crippen molar-refractivity contribution in [3.8, 4) is 23.6 Å². The van der Waals surface area contributed by atoms with E-state index < -0.39 is 0 Å². The number of hydrogen-bond acceptors (Lipinski definition) is 6. The smallest absolute Gasteiger partial charge is 0.231 e. The third-order valence-corrected chi connectivity index (χ3v) is 3.00. The molecule has 1 aliphatic rings. The van der Waals surface area contributed by atoms with E-state index in [2.05, 4.69) is 10.2 Å². The molecular weight excluding hydrogens is 270 g/mol. The summed E-state index contributed by atoms with van der Waals surface area (Å²) in [5.41, 5.74) is 7.03. The summed E-state index contributed by atoms with van der Waals surface area (Å²) in [4.78, 5) is 0. The molecule has 2 aromatic rings. The summed E-state index contributed by atoms with van der Waals surface area (Å²) in [6, 6.07) is 9.27. The van der Waals surface area contributed by atoms with Gasteiger partial charge in [0.1, 0.15) is 17.7 Å². The van der Waals surface area contributed by atoms with Crippen molar-refractivity contribution in [1.29, 1.82) is 10.5 Å². The first-order valence-corrected chi connectivity index (χ1v) is 5.98. The maximum Gasteiger partial charge on any atom is 0.231 e. The molecule has 0 amide bonds. The van der Waals surface area contributed by atoms with Crippen LogP contribution in [0.1, 0.15) is 16.8 Å². The Kier molecular flexibility index (Phi) is 2.94. The molecule has 2 heterocycles. The molecule has 21 heavy (non-hydrogen) atoms. The van der Waals surface area contributed by atoms with Gasteiger partial charge in [0.25, 0.3) is 0 Å². The van der Waals surface area contributed by atoms with Gasteiger partial charge in [-0.3, -0.25) is 5.10 Å². The minimum Gasteiger partial charge on any atom is -0.454 e. The lowest BCUT2D eigenvalue weighted by molar-refractivity contribution is 0.174. The molecule has 0 aliphatic carbocycles. The monoisotopic (exact) mass is 279 g/mol. The number of rotatable bonds is 2. The predicted molar refractivity (Wildman–Crippen MR) is 73.8 cm³/mol. The Morgan fingerprint density at radius 2 is 2.14 bits per heavy atom. The van der Waals surface area contributed by atoms with E-state index in [9.17, 15) is 5.26 Å². The van der Waals surface area contributed by atoms with Crippen LogP contribution >= 0.6 is 0 Å². The van der Waals surface area contributed by atoms with Crippen LogP contribution in [0.4, 0.5) is 5.82 Å². The number of aromatic nitrogens is 2. The molecule has 0 atom stereocenters. The van der Waals surface area contributed by atoms with Crippen molar-refractivity contribution in [3.63, 3.8) is 0 Å². The van der Waals surface area contributed by atoms with E-state index in [0.717, 1.165) is 5.56 Å². The number of anilines is 1. The SMILES string of the molecule is N#C/C(=C\c1ccc2c(c1)OCO2)c1[nH]nc(N)c1C#N. The second-order valence-corrected chi connectivity index (χ2v) is 4.25. The number of ether oxygens (including phenoxy) is 2. The van der Waals surface area contributed by atoms with Crippen LogP contribution in [0.3, 0.4) is 0 Å². The average Bonchev–Trinajstić information content (AvgIpc) is 3.10. The molecule has 1 aliphatic heterocycles. The molecular formula is C14H9N5O2. The maximum atomic E-state index is 9.29. The van der Waals surface area contributed by atoms with Gasteiger partial charge in [0.2, 0.25) is 6.79 Å². The molecule has 0 bridgehead atoms. The number of nitrogens with two attached hydrogens (primary N) is 1. The summed E-state index contributed by atoms with van der Waals surface area (Å²) < 4.78 is 10.5. The van der Waals surface area contributed by atoms with Gasteiger partial charge in [-0.25, -0.2) is 0 Å². The number of benzene rings is 1. The number of nitriles is 2. The minimum absolute atomic E-state index is 0.0688. The third-order valence-electron chi connectivity index (χ3n) is 3.00. The summed E-state index contributed by atoms with van der Waals surface area (Å²) in [6.07, 6.45) is 1.62. The number of fused-ring (bicyclic) bond motifs is 1. The zero-order valence-corrected chi connectivity index (χ0v) is 10.8. The van der Waals surface area contributed by atoms with Gasteiger partial charge in [0.05, 0.1) is 11.3 Å². The van der Waals surface area contributed by atoms with Crippen LogP contribution < -0.4 is 15.2 Å². The quantitative estimate of drug-likeness (QED) is 0.806. The Labute approximate surface area is 119 Å². The average molecular weight is 279 g/mol. The third kappa shape index (κ3) is 2.13. The molecule has 1 aromatic carbocycles. The molecule has 3 N–H and O–H groups in total. The number of aromatic amines is 1. The second-order valence-electron chi connectivity index (χ2n) is 4.25. The zero-order chi connectivity index (χ0) is 14.8. The predicted octanol–water partition coefficient (Wildman–Crippen LogP) is 1.66. The summed E-state index contributed by atoms with van der Waals surface area (Å²) >= 11 is 0. The van der Waals surface area contributed by atoms with Gasteiger partial charge in [-0.05, 0) is 23.8 Å². The molecule has 7 heteroatoms. The van der Waals surface area contributed by atoms with Gasteiger partial charge >= 0.3 is 0 Å². The number of hydrogen-bond donors (Lipinski definition) is 2. The van der Waals surface area contributed by atoms with Crippen molar-refractivity contribution in [1.82, 2.24) is 10.2 Å². The van der Waals surface area contributed by atoms with E-state index in [4.69, 9.17) is 20.5 Å². The standard InChI is InChI=1S/C14H9N5O2/c15-5-9(13-10(6-16)14(17)19-18-13)3-8-1-2-11-12(4-8)21-7-20-11/h1-4H,7H2,(H3,17,18,19)/b9-3+. The summed E-state index contributed by atoms with van der Waals surface area (Å²) in [6.45, 7) is 0.184. The number of H-pyrrole nitrogens is 1. The van der Waals surface area contributed by atoms with Crippen molar-refractivity contribution < 1.29 is 9.47 Å². The highest BCUT2D eigenvalue weighted by molar-refractivity contribution is 5.91. The Balaban J connectivity index is 2.04.